The lowest BCUT2D eigenvalue weighted by atomic mass is 10.3. The van der Waals surface area contributed by atoms with Crippen molar-refractivity contribution in [2.45, 2.75) is 25.8 Å². The molecule has 1 atom stereocenters. The molecule has 2 N–H and O–H groups in total. The Morgan fingerprint density at radius 3 is 2.80 bits per heavy atom. The first kappa shape index (κ1) is 16.4. The molecule has 0 saturated carbocycles. The summed E-state index contributed by atoms with van der Waals surface area (Å²) in [5.74, 6) is -1.51. The molecule has 112 valence electrons. The van der Waals surface area contributed by atoms with E-state index in [4.69, 9.17) is 5.11 Å². The van der Waals surface area contributed by atoms with E-state index < -0.39 is 25.0 Å². The van der Waals surface area contributed by atoms with Crippen molar-refractivity contribution in [2.75, 3.05) is 13.2 Å². The second kappa shape index (κ2) is 7.85. The second-order valence-corrected chi connectivity index (χ2v) is 4.77. The first-order chi connectivity index (χ1) is 9.40. The van der Waals surface area contributed by atoms with Gasteiger partial charge in [-0.25, -0.2) is 18.6 Å². The number of alkyl halides is 2. The van der Waals surface area contributed by atoms with E-state index in [9.17, 15) is 18.4 Å². The molecule has 0 spiro atoms. The van der Waals surface area contributed by atoms with Gasteiger partial charge >= 0.3 is 5.97 Å². The maximum atomic E-state index is 11.8. The number of halogens is 2. The molecule has 1 amide bonds. The molecule has 0 aromatic carbocycles. The lowest BCUT2D eigenvalue weighted by Gasteiger charge is -2.11. The van der Waals surface area contributed by atoms with E-state index in [1.807, 2.05) is 0 Å². The van der Waals surface area contributed by atoms with Crippen LogP contribution >= 0.6 is 11.3 Å². The van der Waals surface area contributed by atoms with Crippen LogP contribution in [0, 0.1) is 0 Å². The molecule has 9 heteroatoms. The maximum Gasteiger partial charge on any atom is 0.355 e. The highest BCUT2D eigenvalue weighted by Crippen LogP contribution is 2.18. The zero-order valence-corrected chi connectivity index (χ0v) is 11.5. The summed E-state index contributed by atoms with van der Waals surface area (Å²) in [6, 6.07) is -0.448. The topological polar surface area (TPSA) is 88.5 Å². The molecular formula is C11H14F2N2O4S. The Balaban J connectivity index is 2.35. The predicted octanol–water partition coefficient (Wildman–Crippen LogP) is 1.69. The fourth-order valence-electron chi connectivity index (χ4n) is 1.30. The van der Waals surface area contributed by atoms with Crippen LogP contribution in [0.5, 0.6) is 0 Å². The van der Waals surface area contributed by atoms with Gasteiger partial charge in [0.15, 0.2) is 5.69 Å². The third kappa shape index (κ3) is 5.57. The summed E-state index contributed by atoms with van der Waals surface area (Å²) in [6.45, 7) is 0.862. The van der Waals surface area contributed by atoms with Crippen molar-refractivity contribution in [1.82, 2.24) is 10.3 Å². The summed E-state index contributed by atoms with van der Waals surface area (Å²) in [6.07, 6.45) is -2.60. The van der Waals surface area contributed by atoms with Crippen molar-refractivity contribution in [3.63, 3.8) is 0 Å². The Labute approximate surface area is 117 Å². The maximum absolute atomic E-state index is 11.8. The van der Waals surface area contributed by atoms with Gasteiger partial charge in [-0.3, -0.25) is 4.79 Å². The molecular weight excluding hydrogens is 294 g/mol. The fraction of sp³-hybridized carbons (Fsp3) is 0.545. The van der Waals surface area contributed by atoms with Crippen LogP contribution in [0.3, 0.4) is 0 Å². The van der Waals surface area contributed by atoms with E-state index >= 15 is 0 Å². The van der Waals surface area contributed by atoms with Crippen LogP contribution in [0.2, 0.25) is 0 Å². The van der Waals surface area contributed by atoms with E-state index in [-0.39, 0.29) is 24.6 Å². The quantitative estimate of drug-likeness (QED) is 0.713. The van der Waals surface area contributed by atoms with Gasteiger partial charge < -0.3 is 15.2 Å². The third-order valence-electron chi connectivity index (χ3n) is 2.21. The molecule has 0 aliphatic heterocycles. The highest BCUT2D eigenvalue weighted by atomic mass is 32.1. The molecule has 0 saturated heterocycles. The Kier molecular flexibility index (Phi) is 6.46. The van der Waals surface area contributed by atoms with Gasteiger partial charge in [0, 0.05) is 11.8 Å². The van der Waals surface area contributed by atoms with Gasteiger partial charge in [0.05, 0.1) is 12.6 Å². The largest absolute Gasteiger partial charge is 0.476 e. The molecule has 0 fully saturated rings. The molecule has 0 aliphatic rings. The molecule has 0 bridgehead atoms. The number of carbonyl (C=O) groups is 2. The second-order valence-electron chi connectivity index (χ2n) is 3.88. The van der Waals surface area contributed by atoms with Crippen molar-refractivity contribution in [3.05, 3.63) is 16.1 Å². The van der Waals surface area contributed by atoms with Gasteiger partial charge in [-0.05, 0) is 6.92 Å². The Hall–Kier alpha value is -1.61. The number of aromatic nitrogens is 1. The average molecular weight is 308 g/mol. The minimum Gasteiger partial charge on any atom is -0.476 e. The van der Waals surface area contributed by atoms with Gasteiger partial charge in [0.2, 0.25) is 5.91 Å². The van der Waals surface area contributed by atoms with Gasteiger partial charge in [-0.1, -0.05) is 0 Å². The summed E-state index contributed by atoms with van der Waals surface area (Å²) in [5, 5.41) is 13.2. The van der Waals surface area contributed by atoms with Gasteiger partial charge in [0.25, 0.3) is 6.43 Å². The molecule has 1 aromatic rings. The number of hydrogen-bond acceptors (Lipinski definition) is 5. The van der Waals surface area contributed by atoms with Crippen LogP contribution in [0.4, 0.5) is 8.78 Å². The Morgan fingerprint density at radius 1 is 1.55 bits per heavy atom. The molecule has 1 aromatic heterocycles. The third-order valence-corrected chi connectivity index (χ3v) is 3.23. The standard InChI is InChI=1S/C11H14F2N2O4S/c1-6(10-15-7(5-20-10)11(17)18)14-9(16)2-3-19-4-8(12)13/h5-6,8H,2-4H2,1H3,(H,14,16)(H,17,18). The monoisotopic (exact) mass is 308 g/mol. The van der Waals surface area contributed by atoms with Crippen molar-refractivity contribution in [1.29, 1.82) is 0 Å². The molecule has 0 radical (unpaired) electrons. The number of carboxylic acids is 1. The number of aromatic carboxylic acids is 1. The minimum atomic E-state index is -2.55. The first-order valence-corrected chi connectivity index (χ1v) is 6.62. The number of nitrogens with zero attached hydrogens (tertiary/aromatic N) is 1. The minimum absolute atomic E-state index is 0.0474. The smallest absolute Gasteiger partial charge is 0.355 e. The number of carbonyl (C=O) groups excluding carboxylic acids is 1. The number of carboxylic acid groups (broad SMARTS) is 1. The summed E-state index contributed by atoms with van der Waals surface area (Å²) < 4.78 is 28.1. The van der Waals surface area contributed by atoms with E-state index in [0.29, 0.717) is 5.01 Å². The number of thiazole rings is 1. The zero-order valence-electron chi connectivity index (χ0n) is 10.6. The predicted molar refractivity (Wildman–Crippen MR) is 67.1 cm³/mol. The Morgan fingerprint density at radius 2 is 2.25 bits per heavy atom. The molecule has 6 nitrogen and oxygen atoms in total. The first-order valence-electron chi connectivity index (χ1n) is 5.74. The van der Waals surface area contributed by atoms with Crippen LogP contribution in [-0.4, -0.2) is 41.6 Å². The normalized spacial score (nSPS) is 12.4. The number of hydrogen-bond donors (Lipinski definition) is 2. The lowest BCUT2D eigenvalue weighted by Crippen LogP contribution is -2.27. The number of nitrogens with one attached hydrogen (secondary N) is 1. The summed E-state index contributed by atoms with van der Waals surface area (Å²) >= 11 is 1.12. The molecule has 1 unspecified atom stereocenters. The van der Waals surface area contributed by atoms with Gasteiger partial charge in [-0.15, -0.1) is 11.3 Å². The van der Waals surface area contributed by atoms with Crippen LogP contribution in [0.15, 0.2) is 5.38 Å². The van der Waals surface area contributed by atoms with E-state index in [1.54, 1.807) is 6.92 Å². The fourth-order valence-corrected chi connectivity index (χ4v) is 2.10. The SMILES string of the molecule is CC(NC(=O)CCOCC(F)F)c1nc(C(=O)O)cs1. The van der Waals surface area contributed by atoms with Crippen molar-refractivity contribution in [3.8, 4) is 0 Å². The van der Waals surface area contributed by atoms with Crippen molar-refractivity contribution in [2.24, 2.45) is 0 Å². The summed E-state index contributed by atoms with van der Waals surface area (Å²) in [5.41, 5.74) is -0.0774. The van der Waals surface area contributed by atoms with Crippen LogP contribution in [0.1, 0.15) is 34.9 Å². The molecule has 1 rings (SSSR count). The number of rotatable bonds is 8. The zero-order chi connectivity index (χ0) is 15.1. The van der Waals surface area contributed by atoms with Crippen LogP contribution in [-0.2, 0) is 9.53 Å². The number of amides is 1. The van der Waals surface area contributed by atoms with Crippen LogP contribution < -0.4 is 5.32 Å². The lowest BCUT2D eigenvalue weighted by molar-refractivity contribution is -0.123. The van der Waals surface area contributed by atoms with E-state index in [2.05, 4.69) is 15.0 Å². The van der Waals surface area contributed by atoms with Crippen molar-refractivity contribution >= 4 is 23.2 Å². The Bertz CT molecular complexity index is 467. The van der Waals surface area contributed by atoms with Crippen LogP contribution in [0.25, 0.3) is 0 Å². The van der Waals surface area contributed by atoms with Gasteiger partial charge in [-0.2, -0.15) is 0 Å². The van der Waals surface area contributed by atoms with E-state index in [1.165, 1.54) is 5.38 Å². The highest BCUT2D eigenvalue weighted by molar-refractivity contribution is 7.09. The molecule has 0 aliphatic carbocycles. The highest BCUT2D eigenvalue weighted by Gasteiger charge is 2.15. The summed E-state index contributed by atoms with van der Waals surface area (Å²) in [7, 11) is 0. The van der Waals surface area contributed by atoms with Gasteiger partial charge in [0.1, 0.15) is 11.6 Å². The molecule has 1 heterocycles. The van der Waals surface area contributed by atoms with Crippen molar-refractivity contribution < 1.29 is 28.2 Å². The number of ether oxygens (including phenoxy) is 1. The molecule has 20 heavy (non-hydrogen) atoms. The summed E-state index contributed by atoms with van der Waals surface area (Å²) in [4.78, 5) is 26.0. The average Bonchev–Trinajstić information content (AvgIpc) is 2.84. The van der Waals surface area contributed by atoms with E-state index in [0.717, 1.165) is 11.3 Å².